The number of benzene rings is 2. The molecule has 2 atom stereocenters. The molecule has 1 heterocycles. The number of ether oxygens (including phenoxy) is 1. The summed E-state index contributed by atoms with van der Waals surface area (Å²) >= 11 is 0. The predicted molar refractivity (Wildman–Crippen MR) is 105 cm³/mol. The zero-order chi connectivity index (χ0) is 19.4. The van der Waals surface area contributed by atoms with Crippen LogP contribution in [-0.2, 0) is 9.59 Å². The maximum atomic E-state index is 13.0. The van der Waals surface area contributed by atoms with Crippen LogP contribution in [0.15, 0.2) is 36.4 Å². The van der Waals surface area contributed by atoms with Gasteiger partial charge in [0.25, 0.3) is 0 Å². The van der Waals surface area contributed by atoms with Crippen molar-refractivity contribution in [3.8, 4) is 5.75 Å². The van der Waals surface area contributed by atoms with Crippen LogP contribution in [-0.4, -0.2) is 42.1 Å². The van der Waals surface area contributed by atoms with Gasteiger partial charge in [0.15, 0.2) is 0 Å². The Labute approximate surface area is 159 Å². The predicted octanol–water partition coefficient (Wildman–Crippen LogP) is 4.06. The lowest BCUT2D eigenvalue weighted by Crippen LogP contribution is -2.42. The number of amides is 1. The molecule has 0 radical (unpaired) electrons. The molecule has 0 bridgehead atoms. The number of carboxylic acid groups (broad SMARTS) is 1. The SMILES string of the molecule is COc1ccc2cc([C@H](C)C(=O)N3CCCC(CCC(=O)O)C3)ccc2c1. The second-order valence-corrected chi connectivity index (χ2v) is 7.42. The third-order valence-corrected chi connectivity index (χ3v) is 5.54. The van der Waals surface area contributed by atoms with Crippen molar-refractivity contribution < 1.29 is 19.4 Å². The molecule has 0 saturated carbocycles. The van der Waals surface area contributed by atoms with Crippen molar-refractivity contribution in [2.24, 2.45) is 5.92 Å². The number of carboxylic acids is 1. The van der Waals surface area contributed by atoms with E-state index < -0.39 is 5.97 Å². The Kier molecular flexibility index (Phi) is 5.99. The summed E-state index contributed by atoms with van der Waals surface area (Å²) < 4.78 is 5.26. The minimum Gasteiger partial charge on any atom is -0.497 e. The topological polar surface area (TPSA) is 66.8 Å². The highest BCUT2D eigenvalue weighted by Crippen LogP contribution is 2.28. The van der Waals surface area contributed by atoms with Crippen molar-refractivity contribution in [2.45, 2.75) is 38.5 Å². The number of rotatable bonds is 6. The molecular weight excluding hydrogens is 342 g/mol. The summed E-state index contributed by atoms with van der Waals surface area (Å²) in [6.07, 6.45) is 2.77. The van der Waals surface area contributed by atoms with Crippen LogP contribution in [0.2, 0.25) is 0 Å². The summed E-state index contributed by atoms with van der Waals surface area (Å²) in [5.41, 5.74) is 1.00. The van der Waals surface area contributed by atoms with E-state index in [1.54, 1.807) is 7.11 Å². The van der Waals surface area contributed by atoms with Crippen molar-refractivity contribution in [2.75, 3.05) is 20.2 Å². The van der Waals surface area contributed by atoms with Crippen LogP contribution in [0.5, 0.6) is 5.75 Å². The highest BCUT2D eigenvalue weighted by atomic mass is 16.5. The Hall–Kier alpha value is -2.56. The number of aliphatic carboxylic acids is 1. The highest BCUT2D eigenvalue weighted by molar-refractivity contribution is 5.88. The van der Waals surface area contributed by atoms with E-state index in [0.29, 0.717) is 13.0 Å². The first-order valence-corrected chi connectivity index (χ1v) is 9.56. The molecule has 0 aromatic heterocycles. The molecule has 27 heavy (non-hydrogen) atoms. The zero-order valence-corrected chi connectivity index (χ0v) is 16.0. The Morgan fingerprint density at radius 3 is 2.70 bits per heavy atom. The number of hydrogen-bond donors (Lipinski definition) is 1. The Morgan fingerprint density at radius 2 is 1.96 bits per heavy atom. The Morgan fingerprint density at radius 1 is 1.22 bits per heavy atom. The van der Waals surface area contributed by atoms with E-state index in [4.69, 9.17) is 9.84 Å². The van der Waals surface area contributed by atoms with Gasteiger partial charge in [-0.25, -0.2) is 0 Å². The second-order valence-electron chi connectivity index (χ2n) is 7.42. The van der Waals surface area contributed by atoms with Gasteiger partial charge in [0.05, 0.1) is 13.0 Å². The molecule has 1 N–H and O–H groups in total. The molecule has 144 valence electrons. The van der Waals surface area contributed by atoms with E-state index >= 15 is 0 Å². The molecule has 3 rings (SSSR count). The van der Waals surface area contributed by atoms with E-state index in [-0.39, 0.29) is 24.2 Å². The lowest BCUT2D eigenvalue weighted by Gasteiger charge is -2.34. The first-order valence-electron chi connectivity index (χ1n) is 9.56. The van der Waals surface area contributed by atoms with Crippen molar-refractivity contribution in [3.05, 3.63) is 42.0 Å². The zero-order valence-electron chi connectivity index (χ0n) is 16.0. The van der Waals surface area contributed by atoms with Gasteiger partial charge >= 0.3 is 5.97 Å². The number of carbonyl (C=O) groups is 2. The molecule has 0 spiro atoms. The van der Waals surface area contributed by atoms with Crippen molar-refractivity contribution in [3.63, 3.8) is 0 Å². The number of methoxy groups -OCH3 is 1. The first kappa shape index (κ1) is 19.2. The average Bonchev–Trinajstić information content (AvgIpc) is 2.70. The molecule has 2 aromatic rings. The molecule has 1 aliphatic rings. The summed E-state index contributed by atoms with van der Waals surface area (Å²) in [6, 6.07) is 12.0. The first-order chi connectivity index (χ1) is 13.0. The van der Waals surface area contributed by atoms with Gasteiger partial charge < -0.3 is 14.7 Å². The van der Waals surface area contributed by atoms with E-state index in [1.165, 1.54) is 0 Å². The molecule has 5 heteroatoms. The van der Waals surface area contributed by atoms with Crippen molar-refractivity contribution >= 4 is 22.6 Å². The van der Waals surface area contributed by atoms with Gasteiger partial charge in [-0.3, -0.25) is 9.59 Å². The van der Waals surface area contributed by atoms with Crippen LogP contribution in [0.4, 0.5) is 0 Å². The van der Waals surface area contributed by atoms with Gasteiger partial charge in [0.2, 0.25) is 5.91 Å². The molecule has 1 saturated heterocycles. The summed E-state index contributed by atoms with van der Waals surface area (Å²) in [5, 5.41) is 11.1. The number of carbonyl (C=O) groups excluding carboxylic acids is 1. The van der Waals surface area contributed by atoms with Crippen LogP contribution in [0.3, 0.4) is 0 Å². The van der Waals surface area contributed by atoms with E-state index in [9.17, 15) is 9.59 Å². The van der Waals surface area contributed by atoms with Gasteiger partial charge in [0.1, 0.15) is 5.75 Å². The van der Waals surface area contributed by atoms with Crippen LogP contribution in [0, 0.1) is 5.92 Å². The molecule has 1 fully saturated rings. The summed E-state index contributed by atoms with van der Waals surface area (Å²) in [5.74, 6) is 0.257. The quantitative estimate of drug-likeness (QED) is 0.834. The molecule has 5 nitrogen and oxygen atoms in total. The number of nitrogens with zero attached hydrogens (tertiary/aromatic N) is 1. The maximum Gasteiger partial charge on any atom is 0.303 e. The van der Waals surface area contributed by atoms with Crippen LogP contribution >= 0.6 is 0 Å². The molecule has 1 unspecified atom stereocenters. The van der Waals surface area contributed by atoms with Gasteiger partial charge in [-0.1, -0.05) is 24.3 Å². The lowest BCUT2D eigenvalue weighted by atomic mass is 9.91. The average molecular weight is 369 g/mol. The summed E-state index contributed by atoms with van der Waals surface area (Å²) in [7, 11) is 1.65. The lowest BCUT2D eigenvalue weighted by molar-refractivity contribution is -0.137. The fourth-order valence-electron chi connectivity index (χ4n) is 3.88. The van der Waals surface area contributed by atoms with Gasteiger partial charge in [0, 0.05) is 19.5 Å². The number of fused-ring (bicyclic) bond motifs is 1. The fraction of sp³-hybridized carbons (Fsp3) is 0.455. The molecule has 1 aliphatic heterocycles. The normalized spacial score (nSPS) is 18.3. The maximum absolute atomic E-state index is 13.0. The summed E-state index contributed by atoms with van der Waals surface area (Å²) in [4.78, 5) is 25.7. The highest BCUT2D eigenvalue weighted by Gasteiger charge is 2.27. The van der Waals surface area contributed by atoms with E-state index in [1.807, 2.05) is 42.2 Å². The minimum atomic E-state index is -0.764. The number of likely N-dealkylation sites (tertiary alicyclic amines) is 1. The molecule has 2 aromatic carbocycles. The number of piperidine rings is 1. The van der Waals surface area contributed by atoms with Crippen molar-refractivity contribution in [1.82, 2.24) is 4.90 Å². The monoisotopic (exact) mass is 369 g/mol. The summed E-state index contributed by atoms with van der Waals surface area (Å²) in [6.45, 7) is 3.38. The van der Waals surface area contributed by atoms with Gasteiger partial charge in [-0.05, 0) is 60.6 Å². The molecular formula is C22H27NO4. The van der Waals surface area contributed by atoms with E-state index in [2.05, 4.69) is 6.07 Å². The molecule has 1 amide bonds. The van der Waals surface area contributed by atoms with Crippen LogP contribution < -0.4 is 4.74 Å². The fourth-order valence-corrected chi connectivity index (χ4v) is 3.88. The Balaban J connectivity index is 1.70. The smallest absolute Gasteiger partial charge is 0.303 e. The van der Waals surface area contributed by atoms with Crippen molar-refractivity contribution in [1.29, 1.82) is 0 Å². The van der Waals surface area contributed by atoms with Gasteiger partial charge in [-0.15, -0.1) is 0 Å². The van der Waals surface area contributed by atoms with Crippen LogP contribution in [0.1, 0.15) is 44.1 Å². The Bertz CT molecular complexity index is 832. The van der Waals surface area contributed by atoms with Gasteiger partial charge in [-0.2, -0.15) is 0 Å². The standard InChI is InChI=1S/C22H27NO4/c1-15(17-6-7-19-13-20(27-2)9-8-18(19)12-17)22(26)23-11-3-4-16(14-23)5-10-21(24)25/h6-9,12-13,15-16H,3-5,10-11,14H2,1-2H3,(H,24,25)/t15-,16?/m0/s1. The molecule has 0 aliphatic carbocycles. The largest absolute Gasteiger partial charge is 0.497 e. The number of hydrogen-bond acceptors (Lipinski definition) is 3. The second kappa shape index (κ2) is 8.42. The van der Waals surface area contributed by atoms with Crippen LogP contribution in [0.25, 0.3) is 10.8 Å². The van der Waals surface area contributed by atoms with E-state index in [0.717, 1.165) is 41.5 Å². The third-order valence-electron chi connectivity index (χ3n) is 5.54. The minimum absolute atomic E-state index is 0.128. The third kappa shape index (κ3) is 4.59.